The molecule has 0 spiro atoms. The van der Waals surface area contributed by atoms with Crippen LogP contribution in [0.3, 0.4) is 0 Å². The molecule has 0 saturated heterocycles. The zero-order valence-electron chi connectivity index (χ0n) is 8.69. The third-order valence-corrected chi connectivity index (χ3v) is 2.91. The van der Waals surface area contributed by atoms with E-state index in [9.17, 15) is 0 Å². The second kappa shape index (κ2) is 4.01. The number of anilines is 1. The predicted octanol–water partition coefficient (Wildman–Crippen LogP) is 1.86. The fourth-order valence-electron chi connectivity index (χ4n) is 1.78. The summed E-state index contributed by atoms with van der Waals surface area (Å²) < 4.78 is 0. The van der Waals surface area contributed by atoms with Crippen LogP contribution in [0.2, 0.25) is 0 Å². The van der Waals surface area contributed by atoms with E-state index in [0.29, 0.717) is 6.04 Å². The quantitative estimate of drug-likeness (QED) is 0.785. The minimum absolute atomic E-state index is 0.347. The van der Waals surface area contributed by atoms with Crippen molar-refractivity contribution in [3.8, 4) is 0 Å². The fraction of sp³-hybridized carbons (Fsp3) is 0.500. The molecule has 76 valence electrons. The van der Waals surface area contributed by atoms with Crippen molar-refractivity contribution >= 4 is 5.69 Å². The van der Waals surface area contributed by atoms with Crippen LogP contribution in [0.1, 0.15) is 12.8 Å². The summed E-state index contributed by atoms with van der Waals surface area (Å²) in [5, 5.41) is 0. The highest BCUT2D eigenvalue weighted by Crippen LogP contribution is 2.32. The first-order chi connectivity index (χ1) is 6.77. The van der Waals surface area contributed by atoms with Crippen molar-refractivity contribution in [2.75, 3.05) is 18.5 Å². The van der Waals surface area contributed by atoms with Crippen molar-refractivity contribution in [2.24, 2.45) is 11.7 Å². The van der Waals surface area contributed by atoms with Gasteiger partial charge in [0, 0.05) is 25.3 Å². The molecule has 0 amide bonds. The van der Waals surface area contributed by atoms with Crippen molar-refractivity contribution in [1.29, 1.82) is 0 Å². The van der Waals surface area contributed by atoms with Crippen molar-refractivity contribution < 1.29 is 0 Å². The number of hydrogen-bond acceptors (Lipinski definition) is 2. The zero-order valence-corrected chi connectivity index (χ0v) is 8.69. The summed E-state index contributed by atoms with van der Waals surface area (Å²) in [6.45, 7) is 0.967. The minimum atomic E-state index is 0.347. The maximum absolute atomic E-state index is 6.08. The highest BCUT2D eigenvalue weighted by atomic mass is 15.1. The van der Waals surface area contributed by atoms with Crippen LogP contribution < -0.4 is 10.6 Å². The second-order valence-corrected chi connectivity index (χ2v) is 4.22. The Kier molecular flexibility index (Phi) is 2.73. The normalized spacial score (nSPS) is 17.9. The third-order valence-electron chi connectivity index (χ3n) is 2.91. The van der Waals surface area contributed by atoms with E-state index < -0.39 is 0 Å². The Bertz CT molecular complexity index is 280. The molecule has 14 heavy (non-hydrogen) atoms. The van der Waals surface area contributed by atoms with Crippen LogP contribution in [0.25, 0.3) is 0 Å². The SMILES string of the molecule is CN(C[C@H](N)C1CC1)c1ccccc1. The van der Waals surface area contributed by atoms with E-state index in [2.05, 4.69) is 36.2 Å². The summed E-state index contributed by atoms with van der Waals surface area (Å²) >= 11 is 0. The van der Waals surface area contributed by atoms with Gasteiger partial charge in [-0.1, -0.05) is 18.2 Å². The molecule has 2 rings (SSSR count). The number of likely N-dealkylation sites (N-methyl/N-ethyl adjacent to an activating group) is 1. The van der Waals surface area contributed by atoms with Gasteiger partial charge in [-0.15, -0.1) is 0 Å². The summed E-state index contributed by atoms with van der Waals surface area (Å²) in [5.74, 6) is 0.779. The van der Waals surface area contributed by atoms with Gasteiger partial charge in [0.15, 0.2) is 0 Å². The number of rotatable bonds is 4. The molecule has 0 aliphatic heterocycles. The maximum Gasteiger partial charge on any atom is 0.0364 e. The van der Waals surface area contributed by atoms with Crippen molar-refractivity contribution in [3.05, 3.63) is 30.3 Å². The Morgan fingerprint density at radius 3 is 2.57 bits per heavy atom. The van der Waals surface area contributed by atoms with E-state index in [1.165, 1.54) is 18.5 Å². The topological polar surface area (TPSA) is 29.3 Å². The third kappa shape index (κ3) is 2.26. The lowest BCUT2D eigenvalue weighted by Crippen LogP contribution is -2.36. The molecule has 0 radical (unpaired) electrons. The molecule has 0 aromatic heterocycles. The first-order valence-electron chi connectivity index (χ1n) is 5.29. The van der Waals surface area contributed by atoms with E-state index in [1.54, 1.807) is 0 Å². The van der Waals surface area contributed by atoms with Crippen LogP contribution in [0.4, 0.5) is 5.69 Å². The first kappa shape index (κ1) is 9.53. The molecular weight excluding hydrogens is 172 g/mol. The predicted molar refractivity (Wildman–Crippen MR) is 60.4 cm³/mol. The summed E-state index contributed by atoms with van der Waals surface area (Å²) in [6, 6.07) is 10.8. The molecule has 2 N–H and O–H groups in total. The van der Waals surface area contributed by atoms with E-state index in [-0.39, 0.29) is 0 Å². The Hall–Kier alpha value is -1.02. The summed E-state index contributed by atoms with van der Waals surface area (Å²) in [6.07, 6.45) is 2.65. The lowest BCUT2D eigenvalue weighted by Gasteiger charge is -2.23. The van der Waals surface area contributed by atoms with Gasteiger partial charge in [0.25, 0.3) is 0 Å². The van der Waals surface area contributed by atoms with Gasteiger partial charge in [-0.25, -0.2) is 0 Å². The lowest BCUT2D eigenvalue weighted by molar-refractivity contribution is 0.589. The minimum Gasteiger partial charge on any atom is -0.373 e. The second-order valence-electron chi connectivity index (χ2n) is 4.22. The van der Waals surface area contributed by atoms with Gasteiger partial charge in [0.1, 0.15) is 0 Å². The van der Waals surface area contributed by atoms with Crippen LogP contribution in [0, 0.1) is 5.92 Å². The molecule has 2 nitrogen and oxygen atoms in total. The van der Waals surface area contributed by atoms with E-state index >= 15 is 0 Å². The smallest absolute Gasteiger partial charge is 0.0364 e. The van der Waals surface area contributed by atoms with Gasteiger partial charge in [-0.2, -0.15) is 0 Å². The molecule has 1 aromatic rings. The largest absolute Gasteiger partial charge is 0.373 e. The molecule has 0 heterocycles. The zero-order chi connectivity index (χ0) is 9.97. The van der Waals surface area contributed by atoms with Gasteiger partial charge < -0.3 is 10.6 Å². The van der Waals surface area contributed by atoms with E-state index in [4.69, 9.17) is 5.73 Å². The molecule has 1 aliphatic rings. The molecule has 0 bridgehead atoms. The first-order valence-corrected chi connectivity index (χ1v) is 5.29. The lowest BCUT2D eigenvalue weighted by atomic mass is 10.2. The average molecular weight is 190 g/mol. The molecule has 0 unspecified atom stereocenters. The number of hydrogen-bond donors (Lipinski definition) is 1. The average Bonchev–Trinajstić information content (AvgIpc) is 3.02. The highest BCUT2D eigenvalue weighted by Gasteiger charge is 2.28. The highest BCUT2D eigenvalue weighted by molar-refractivity contribution is 5.45. The molecule has 2 heteroatoms. The van der Waals surface area contributed by atoms with Gasteiger partial charge in [0.2, 0.25) is 0 Å². The van der Waals surface area contributed by atoms with Crippen LogP contribution in [-0.2, 0) is 0 Å². The molecule has 1 aromatic carbocycles. The van der Waals surface area contributed by atoms with Crippen LogP contribution in [0.5, 0.6) is 0 Å². The molecule has 1 aliphatic carbocycles. The standard InChI is InChI=1S/C12H18N2/c1-14(9-12(13)10-7-8-10)11-5-3-2-4-6-11/h2-6,10,12H,7-9,13H2,1H3/t12-/m0/s1. The van der Waals surface area contributed by atoms with Gasteiger partial charge in [0.05, 0.1) is 0 Å². The van der Waals surface area contributed by atoms with Crippen molar-refractivity contribution in [1.82, 2.24) is 0 Å². The monoisotopic (exact) mass is 190 g/mol. The Morgan fingerprint density at radius 2 is 2.00 bits per heavy atom. The molecule has 1 fully saturated rings. The molecular formula is C12H18N2. The van der Waals surface area contributed by atoms with Gasteiger partial charge in [-0.3, -0.25) is 0 Å². The van der Waals surface area contributed by atoms with E-state index in [0.717, 1.165) is 12.5 Å². The van der Waals surface area contributed by atoms with Gasteiger partial charge >= 0.3 is 0 Å². The summed E-state index contributed by atoms with van der Waals surface area (Å²) in [4.78, 5) is 2.24. The fourth-order valence-corrected chi connectivity index (χ4v) is 1.78. The Morgan fingerprint density at radius 1 is 1.36 bits per heavy atom. The van der Waals surface area contributed by atoms with Crippen molar-refractivity contribution in [2.45, 2.75) is 18.9 Å². The van der Waals surface area contributed by atoms with Crippen LogP contribution in [0.15, 0.2) is 30.3 Å². The number of nitrogens with two attached hydrogens (primary N) is 1. The van der Waals surface area contributed by atoms with Crippen molar-refractivity contribution in [3.63, 3.8) is 0 Å². The van der Waals surface area contributed by atoms with E-state index in [1.807, 2.05) is 6.07 Å². The van der Waals surface area contributed by atoms with Crippen LogP contribution in [-0.4, -0.2) is 19.6 Å². The maximum atomic E-state index is 6.08. The number of para-hydroxylation sites is 1. The van der Waals surface area contributed by atoms with Crippen LogP contribution >= 0.6 is 0 Å². The number of nitrogens with zero attached hydrogens (tertiary/aromatic N) is 1. The van der Waals surface area contributed by atoms with Gasteiger partial charge in [-0.05, 0) is 30.9 Å². The molecule has 1 saturated carbocycles. The Balaban J connectivity index is 1.91. The summed E-state index contributed by atoms with van der Waals surface area (Å²) in [7, 11) is 2.11. The Labute approximate surface area is 85.7 Å². The summed E-state index contributed by atoms with van der Waals surface area (Å²) in [5.41, 5.74) is 7.33. The molecule has 1 atom stereocenters. The number of benzene rings is 1.